The van der Waals surface area contributed by atoms with Crippen LogP contribution in [0.2, 0.25) is 0 Å². The quantitative estimate of drug-likeness (QED) is 0.906. The van der Waals surface area contributed by atoms with E-state index in [1.54, 1.807) is 0 Å². The molecule has 0 spiro atoms. The SMILES string of the molecule is CC1CCCCCN1C(=O)[C@@H](N)Cc1ccccc1. The molecule has 1 heterocycles. The van der Waals surface area contributed by atoms with Crippen LogP contribution >= 0.6 is 0 Å². The molecule has 1 fully saturated rings. The van der Waals surface area contributed by atoms with Crippen LogP contribution < -0.4 is 5.73 Å². The van der Waals surface area contributed by atoms with E-state index >= 15 is 0 Å². The smallest absolute Gasteiger partial charge is 0.240 e. The summed E-state index contributed by atoms with van der Waals surface area (Å²) in [6.07, 6.45) is 5.28. The number of benzene rings is 1. The van der Waals surface area contributed by atoms with Crippen molar-refractivity contribution < 1.29 is 4.79 Å². The van der Waals surface area contributed by atoms with Crippen molar-refractivity contribution >= 4 is 5.91 Å². The molecular weight excluding hydrogens is 236 g/mol. The molecule has 0 aliphatic carbocycles. The van der Waals surface area contributed by atoms with Gasteiger partial charge in [-0.3, -0.25) is 4.79 Å². The second-order valence-electron chi connectivity index (χ2n) is 5.53. The zero-order valence-corrected chi connectivity index (χ0v) is 11.7. The predicted molar refractivity (Wildman–Crippen MR) is 77.8 cm³/mol. The lowest BCUT2D eigenvalue weighted by Crippen LogP contribution is -2.48. The molecule has 3 nitrogen and oxygen atoms in total. The topological polar surface area (TPSA) is 46.3 Å². The Bertz CT molecular complexity index is 404. The van der Waals surface area contributed by atoms with Crippen LogP contribution in [0.5, 0.6) is 0 Å². The molecule has 2 atom stereocenters. The first-order valence-corrected chi connectivity index (χ1v) is 7.28. The molecule has 1 unspecified atom stereocenters. The molecule has 1 amide bonds. The summed E-state index contributed by atoms with van der Waals surface area (Å²) in [7, 11) is 0. The van der Waals surface area contributed by atoms with E-state index in [1.807, 2.05) is 35.2 Å². The standard InChI is InChI=1S/C16H24N2O/c1-13-8-4-3-7-11-18(13)16(19)15(17)12-14-9-5-2-6-10-14/h2,5-6,9-10,13,15H,3-4,7-8,11-12,17H2,1H3/t13?,15-/m0/s1. The highest BCUT2D eigenvalue weighted by atomic mass is 16.2. The van der Waals surface area contributed by atoms with Crippen molar-refractivity contribution in [2.45, 2.75) is 51.1 Å². The van der Waals surface area contributed by atoms with E-state index in [2.05, 4.69) is 6.92 Å². The lowest BCUT2D eigenvalue weighted by Gasteiger charge is -2.29. The predicted octanol–water partition coefficient (Wildman–Crippen LogP) is 2.35. The molecule has 1 aliphatic heterocycles. The highest BCUT2D eigenvalue weighted by Crippen LogP contribution is 2.17. The third-order valence-corrected chi connectivity index (χ3v) is 3.95. The van der Waals surface area contributed by atoms with Gasteiger partial charge >= 0.3 is 0 Å². The van der Waals surface area contributed by atoms with Crippen molar-refractivity contribution in [3.8, 4) is 0 Å². The second kappa shape index (κ2) is 6.71. The number of carbonyl (C=O) groups excluding carboxylic acids is 1. The minimum atomic E-state index is -0.414. The Hall–Kier alpha value is -1.35. The van der Waals surface area contributed by atoms with Crippen LogP contribution in [-0.2, 0) is 11.2 Å². The van der Waals surface area contributed by atoms with Crippen LogP contribution in [0.3, 0.4) is 0 Å². The Morgan fingerprint density at radius 3 is 2.79 bits per heavy atom. The molecule has 1 saturated heterocycles. The molecule has 0 radical (unpaired) electrons. The van der Waals surface area contributed by atoms with Crippen molar-refractivity contribution in [3.63, 3.8) is 0 Å². The molecule has 2 rings (SSSR count). The summed E-state index contributed by atoms with van der Waals surface area (Å²) in [6.45, 7) is 3.00. The van der Waals surface area contributed by atoms with Crippen LogP contribution in [0.4, 0.5) is 0 Å². The number of nitrogens with two attached hydrogens (primary N) is 1. The summed E-state index contributed by atoms with van der Waals surface area (Å²) < 4.78 is 0. The molecule has 1 aromatic rings. The van der Waals surface area contributed by atoms with Crippen LogP contribution in [0, 0.1) is 0 Å². The zero-order valence-electron chi connectivity index (χ0n) is 11.7. The molecule has 0 saturated carbocycles. The van der Waals surface area contributed by atoms with E-state index in [4.69, 9.17) is 5.73 Å². The van der Waals surface area contributed by atoms with E-state index in [1.165, 1.54) is 12.8 Å². The van der Waals surface area contributed by atoms with Crippen LogP contribution in [-0.4, -0.2) is 29.4 Å². The summed E-state index contributed by atoms with van der Waals surface area (Å²) in [5.41, 5.74) is 7.23. The normalized spacial score (nSPS) is 21.8. The van der Waals surface area contributed by atoms with E-state index < -0.39 is 6.04 Å². The first-order valence-electron chi connectivity index (χ1n) is 7.28. The molecule has 2 N–H and O–H groups in total. The number of nitrogens with zero attached hydrogens (tertiary/aromatic N) is 1. The van der Waals surface area contributed by atoms with Gasteiger partial charge < -0.3 is 10.6 Å². The van der Waals surface area contributed by atoms with Gasteiger partial charge in [0.2, 0.25) is 5.91 Å². The van der Waals surface area contributed by atoms with Gasteiger partial charge in [0.25, 0.3) is 0 Å². The van der Waals surface area contributed by atoms with E-state index in [0.717, 1.165) is 24.9 Å². The fraction of sp³-hybridized carbons (Fsp3) is 0.562. The molecule has 1 aromatic carbocycles. The first kappa shape index (κ1) is 14.1. The maximum Gasteiger partial charge on any atom is 0.240 e. The second-order valence-corrected chi connectivity index (χ2v) is 5.53. The van der Waals surface area contributed by atoms with Gasteiger partial charge in [0, 0.05) is 12.6 Å². The number of carbonyl (C=O) groups is 1. The third kappa shape index (κ3) is 3.80. The van der Waals surface area contributed by atoms with Crippen molar-refractivity contribution in [2.24, 2.45) is 5.73 Å². The van der Waals surface area contributed by atoms with Crippen molar-refractivity contribution in [2.75, 3.05) is 6.54 Å². The summed E-state index contributed by atoms with van der Waals surface area (Å²) >= 11 is 0. The van der Waals surface area contributed by atoms with Crippen LogP contribution in [0.15, 0.2) is 30.3 Å². The molecule has 0 bridgehead atoms. The third-order valence-electron chi connectivity index (χ3n) is 3.95. The first-order chi connectivity index (χ1) is 9.18. The highest BCUT2D eigenvalue weighted by Gasteiger charge is 2.26. The number of likely N-dealkylation sites (tertiary alicyclic amines) is 1. The lowest BCUT2D eigenvalue weighted by molar-refractivity contribution is -0.134. The summed E-state index contributed by atoms with van der Waals surface area (Å²) in [4.78, 5) is 14.5. The summed E-state index contributed by atoms with van der Waals surface area (Å²) in [6, 6.07) is 9.92. The minimum absolute atomic E-state index is 0.109. The monoisotopic (exact) mass is 260 g/mol. The van der Waals surface area contributed by atoms with Gasteiger partial charge in [-0.15, -0.1) is 0 Å². The van der Waals surface area contributed by atoms with Gasteiger partial charge in [-0.1, -0.05) is 43.2 Å². The largest absolute Gasteiger partial charge is 0.339 e. The number of hydrogen-bond donors (Lipinski definition) is 1. The van der Waals surface area contributed by atoms with E-state index in [0.29, 0.717) is 12.5 Å². The molecular formula is C16H24N2O. The number of amides is 1. The average Bonchev–Trinajstić information content (AvgIpc) is 2.63. The maximum absolute atomic E-state index is 12.5. The van der Waals surface area contributed by atoms with Crippen LogP contribution in [0.25, 0.3) is 0 Å². The van der Waals surface area contributed by atoms with Gasteiger partial charge in [-0.2, -0.15) is 0 Å². The Morgan fingerprint density at radius 2 is 2.05 bits per heavy atom. The summed E-state index contributed by atoms with van der Waals surface area (Å²) in [5.74, 6) is 0.109. The van der Waals surface area contributed by atoms with Crippen molar-refractivity contribution in [1.29, 1.82) is 0 Å². The maximum atomic E-state index is 12.5. The van der Waals surface area contributed by atoms with Gasteiger partial charge in [-0.25, -0.2) is 0 Å². The van der Waals surface area contributed by atoms with E-state index in [-0.39, 0.29) is 5.91 Å². The minimum Gasteiger partial charge on any atom is -0.339 e. The number of hydrogen-bond acceptors (Lipinski definition) is 2. The van der Waals surface area contributed by atoms with Gasteiger partial charge in [0.1, 0.15) is 0 Å². The summed E-state index contributed by atoms with van der Waals surface area (Å²) in [5, 5.41) is 0. The molecule has 3 heteroatoms. The highest BCUT2D eigenvalue weighted by molar-refractivity contribution is 5.82. The number of rotatable bonds is 3. The van der Waals surface area contributed by atoms with Gasteiger partial charge in [0.05, 0.1) is 6.04 Å². The Balaban J connectivity index is 1.97. The Morgan fingerprint density at radius 1 is 1.32 bits per heavy atom. The van der Waals surface area contributed by atoms with E-state index in [9.17, 15) is 4.79 Å². The molecule has 19 heavy (non-hydrogen) atoms. The fourth-order valence-corrected chi connectivity index (χ4v) is 2.77. The lowest BCUT2D eigenvalue weighted by atomic mass is 10.0. The van der Waals surface area contributed by atoms with Gasteiger partial charge in [-0.05, 0) is 31.7 Å². The van der Waals surface area contributed by atoms with Crippen LogP contribution in [0.1, 0.15) is 38.2 Å². The fourth-order valence-electron chi connectivity index (χ4n) is 2.77. The van der Waals surface area contributed by atoms with Crippen molar-refractivity contribution in [1.82, 2.24) is 4.90 Å². The molecule has 1 aliphatic rings. The van der Waals surface area contributed by atoms with Crippen molar-refractivity contribution in [3.05, 3.63) is 35.9 Å². The molecule has 104 valence electrons. The Kier molecular flexibility index (Phi) is 4.97. The average molecular weight is 260 g/mol. The zero-order chi connectivity index (χ0) is 13.7. The Labute approximate surface area is 115 Å². The van der Waals surface area contributed by atoms with Gasteiger partial charge in [0.15, 0.2) is 0 Å². The molecule has 0 aromatic heterocycles.